The van der Waals surface area contributed by atoms with Crippen LogP contribution >= 0.6 is 11.8 Å². The summed E-state index contributed by atoms with van der Waals surface area (Å²) in [6.07, 6.45) is 2.59. The lowest BCUT2D eigenvalue weighted by Gasteiger charge is -2.08. The van der Waals surface area contributed by atoms with Crippen LogP contribution in [0.15, 0.2) is 52.4 Å². The van der Waals surface area contributed by atoms with E-state index >= 15 is 0 Å². The number of hydrogen-bond acceptors (Lipinski definition) is 3. The predicted octanol–water partition coefficient (Wildman–Crippen LogP) is 3.78. The number of halogens is 1. The molecule has 0 aliphatic rings. The highest BCUT2D eigenvalue weighted by molar-refractivity contribution is 7.99. The molecule has 18 heavy (non-hydrogen) atoms. The van der Waals surface area contributed by atoms with Gasteiger partial charge >= 0.3 is 0 Å². The first-order chi connectivity index (χ1) is 8.70. The highest BCUT2D eigenvalue weighted by Crippen LogP contribution is 2.29. The minimum absolute atomic E-state index is 0.0301. The maximum atomic E-state index is 13.5. The molecule has 1 heterocycles. The highest BCUT2D eigenvalue weighted by atomic mass is 32.2. The first kappa shape index (κ1) is 13.1. The van der Waals surface area contributed by atoms with Crippen LogP contribution in [0.25, 0.3) is 0 Å². The molecule has 2 rings (SSSR count). The smallest absolute Gasteiger partial charge is 0.137 e. The van der Waals surface area contributed by atoms with E-state index in [2.05, 4.69) is 4.98 Å². The lowest BCUT2D eigenvalue weighted by atomic mass is 10.1. The predicted molar refractivity (Wildman–Crippen MR) is 72.0 cm³/mol. The van der Waals surface area contributed by atoms with Crippen LogP contribution in [-0.2, 0) is 0 Å². The fourth-order valence-electron chi connectivity index (χ4n) is 1.54. The third-order valence-corrected chi connectivity index (χ3v) is 3.67. The van der Waals surface area contributed by atoms with Crippen molar-refractivity contribution in [1.82, 2.24) is 4.98 Å². The summed E-state index contributed by atoms with van der Waals surface area (Å²) >= 11 is 1.36. The lowest BCUT2D eigenvalue weighted by molar-refractivity contribution is 0.602. The first-order valence-electron chi connectivity index (χ1n) is 5.84. The maximum Gasteiger partial charge on any atom is 0.137 e. The maximum absolute atomic E-state index is 13.5. The Morgan fingerprint density at radius 3 is 2.67 bits per heavy atom. The Kier molecular flexibility index (Phi) is 4.33. The first-order valence-corrected chi connectivity index (χ1v) is 6.66. The van der Waals surface area contributed by atoms with Gasteiger partial charge in [-0.1, -0.05) is 30.8 Å². The summed E-state index contributed by atoms with van der Waals surface area (Å²) < 4.78 is 13.5. The molecule has 2 nitrogen and oxygen atoms in total. The molecule has 0 aliphatic heterocycles. The third-order valence-electron chi connectivity index (χ3n) is 2.64. The Morgan fingerprint density at radius 2 is 2.06 bits per heavy atom. The Morgan fingerprint density at radius 1 is 1.28 bits per heavy atom. The molecule has 0 fully saturated rings. The minimum atomic E-state index is -0.211. The average Bonchev–Trinajstić information content (AvgIpc) is 2.41. The van der Waals surface area contributed by atoms with E-state index in [-0.39, 0.29) is 11.9 Å². The van der Waals surface area contributed by atoms with Crippen molar-refractivity contribution >= 4 is 11.8 Å². The second kappa shape index (κ2) is 5.98. The van der Waals surface area contributed by atoms with Crippen molar-refractivity contribution in [2.45, 2.75) is 29.2 Å². The second-order valence-electron chi connectivity index (χ2n) is 3.97. The van der Waals surface area contributed by atoms with Crippen molar-refractivity contribution in [3.8, 4) is 0 Å². The Bertz CT molecular complexity index is 513. The third kappa shape index (κ3) is 3.09. The molecule has 2 N–H and O–H groups in total. The van der Waals surface area contributed by atoms with Crippen LogP contribution in [0, 0.1) is 5.82 Å². The van der Waals surface area contributed by atoms with Gasteiger partial charge in [-0.15, -0.1) is 0 Å². The summed E-state index contributed by atoms with van der Waals surface area (Å²) in [4.78, 5) is 5.82. The van der Waals surface area contributed by atoms with Crippen LogP contribution in [0.1, 0.15) is 25.1 Å². The van der Waals surface area contributed by atoms with Crippen LogP contribution in [0.5, 0.6) is 0 Å². The normalized spacial score (nSPS) is 12.4. The van der Waals surface area contributed by atoms with Crippen LogP contribution in [0.2, 0.25) is 0 Å². The molecule has 0 amide bonds. The Labute approximate surface area is 110 Å². The van der Waals surface area contributed by atoms with E-state index in [1.165, 1.54) is 17.8 Å². The Balaban J connectivity index is 2.14. The Hall–Kier alpha value is -1.39. The van der Waals surface area contributed by atoms with Gasteiger partial charge in [0.05, 0.1) is 5.69 Å². The van der Waals surface area contributed by atoms with E-state index in [1.807, 2.05) is 25.1 Å². The number of aromatic nitrogens is 1. The van der Waals surface area contributed by atoms with E-state index < -0.39 is 0 Å². The van der Waals surface area contributed by atoms with E-state index in [9.17, 15) is 4.39 Å². The molecular weight excluding hydrogens is 247 g/mol. The highest BCUT2D eigenvalue weighted by Gasteiger charge is 2.06. The fraction of sp³-hybridized carbons (Fsp3) is 0.214. The zero-order valence-electron chi connectivity index (χ0n) is 10.1. The van der Waals surface area contributed by atoms with Crippen molar-refractivity contribution in [3.63, 3.8) is 0 Å². The molecule has 94 valence electrons. The van der Waals surface area contributed by atoms with Crippen LogP contribution in [0.4, 0.5) is 4.39 Å². The zero-order chi connectivity index (χ0) is 13.0. The summed E-state index contributed by atoms with van der Waals surface area (Å²) in [7, 11) is 0. The second-order valence-corrected chi connectivity index (χ2v) is 5.08. The monoisotopic (exact) mass is 262 g/mol. The van der Waals surface area contributed by atoms with Crippen molar-refractivity contribution in [2.24, 2.45) is 5.73 Å². The molecule has 0 saturated carbocycles. The molecule has 0 saturated heterocycles. The van der Waals surface area contributed by atoms with E-state index in [0.29, 0.717) is 4.90 Å². The van der Waals surface area contributed by atoms with E-state index in [1.54, 1.807) is 18.3 Å². The molecule has 1 atom stereocenters. The number of hydrogen-bond donors (Lipinski definition) is 1. The molecule has 0 spiro atoms. The van der Waals surface area contributed by atoms with Gasteiger partial charge in [0.15, 0.2) is 0 Å². The molecule has 1 aromatic carbocycles. The van der Waals surface area contributed by atoms with Gasteiger partial charge in [0, 0.05) is 22.0 Å². The quantitative estimate of drug-likeness (QED) is 0.911. The molecule has 4 heteroatoms. The number of rotatable bonds is 4. The molecule has 0 bridgehead atoms. The molecular formula is C14H15FN2S. The molecule has 2 aromatic rings. The van der Waals surface area contributed by atoms with Gasteiger partial charge in [-0.3, -0.25) is 4.98 Å². The summed E-state index contributed by atoms with van der Waals surface area (Å²) in [6, 6.07) is 10.5. The summed E-state index contributed by atoms with van der Waals surface area (Å²) in [5.74, 6) is -0.211. The van der Waals surface area contributed by atoms with Gasteiger partial charge in [-0.25, -0.2) is 4.39 Å². The van der Waals surface area contributed by atoms with Crippen molar-refractivity contribution < 1.29 is 4.39 Å². The van der Waals surface area contributed by atoms with Crippen LogP contribution in [0.3, 0.4) is 0 Å². The van der Waals surface area contributed by atoms with Gasteiger partial charge in [0.25, 0.3) is 0 Å². The fourth-order valence-corrected chi connectivity index (χ4v) is 2.34. The topological polar surface area (TPSA) is 38.9 Å². The van der Waals surface area contributed by atoms with Crippen molar-refractivity contribution in [1.29, 1.82) is 0 Å². The van der Waals surface area contributed by atoms with E-state index in [0.717, 1.165) is 17.0 Å². The van der Waals surface area contributed by atoms with Gasteiger partial charge in [-0.05, 0) is 30.7 Å². The zero-order valence-corrected chi connectivity index (χ0v) is 11.0. The van der Waals surface area contributed by atoms with Crippen LogP contribution in [-0.4, -0.2) is 4.98 Å². The average molecular weight is 262 g/mol. The van der Waals surface area contributed by atoms with Gasteiger partial charge in [-0.2, -0.15) is 0 Å². The molecule has 0 unspecified atom stereocenters. The summed E-state index contributed by atoms with van der Waals surface area (Å²) in [5.41, 5.74) is 6.76. The number of benzene rings is 1. The van der Waals surface area contributed by atoms with Crippen molar-refractivity contribution in [3.05, 3.63) is 54.1 Å². The molecule has 0 aliphatic carbocycles. The number of nitrogens with zero attached hydrogens (tertiary/aromatic N) is 1. The van der Waals surface area contributed by atoms with Gasteiger partial charge in [0.2, 0.25) is 0 Å². The molecule has 0 radical (unpaired) electrons. The lowest BCUT2D eigenvalue weighted by Crippen LogP contribution is -2.10. The van der Waals surface area contributed by atoms with Crippen molar-refractivity contribution in [2.75, 3.05) is 0 Å². The number of nitrogens with two attached hydrogens (primary N) is 1. The van der Waals surface area contributed by atoms with Gasteiger partial charge in [0.1, 0.15) is 5.82 Å². The largest absolute Gasteiger partial charge is 0.323 e. The number of pyridine rings is 1. The van der Waals surface area contributed by atoms with E-state index in [4.69, 9.17) is 5.73 Å². The van der Waals surface area contributed by atoms with Gasteiger partial charge < -0.3 is 5.73 Å². The standard InChI is InChI=1S/C14H15FN2S/c1-2-12(16)13-8-7-10(9-17-13)18-14-6-4-3-5-11(14)15/h3-9,12H,2,16H2,1H3/t12-/m0/s1. The summed E-state index contributed by atoms with van der Waals surface area (Å²) in [5, 5.41) is 0. The molecule has 1 aromatic heterocycles. The summed E-state index contributed by atoms with van der Waals surface area (Å²) in [6.45, 7) is 2.02. The van der Waals surface area contributed by atoms with Crippen LogP contribution < -0.4 is 5.73 Å². The minimum Gasteiger partial charge on any atom is -0.323 e. The SMILES string of the molecule is CC[C@H](N)c1ccc(Sc2ccccc2F)cn1.